The number of nitrogens with zero attached hydrogens (tertiary/aromatic N) is 1. The van der Waals surface area contributed by atoms with Gasteiger partial charge in [0.15, 0.2) is 0 Å². The van der Waals surface area contributed by atoms with Crippen LogP contribution in [-0.4, -0.2) is 30.6 Å². The van der Waals surface area contributed by atoms with E-state index in [1.165, 1.54) is 37.1 Å². The van der Waals surface area contributed by atoms with Gasteiger partial charge in [-0.25, -0.2) is 0 Å². The van der Waals surface area contributed by atoms with Crippen LogP contribution in [0.1, 0.15) is 43.2 Å². The molecule has 2 unspecified atom stereocenters. The molecule has 1 fully saturated rings. The number of hydrogen-bond donors (Lipinski definition) is 1. The first kappa shape index (κ1) is 13.6. The molecule has 0 aliphatic carbocycles. The topological polar surface area (TPSA) is 29.3 Å². The van der Waals surface area contributed by atoms with Crippen LogP contribution in [0, 0.1) is 6.92 Å². The van der Waals surface area contributed by atoms with E-state index in [1.54, 1.807) is 0 Å². The molecule has 0 spiro atoms. The zero-order valence-corrected chi connectivity index (χ0v) is 11.7. The van der Waals surface area contributed by atoms with Gasteiger partial charge in [-0.05, 0) is 37.8 Å². The molecule has 2 N–H and O–H groups in total. The Morgan fingerprint density at radius 2 is 2.17 bits per heavy atom. The van der Waals surface area contributed by atoms with E-state index in [0.717, 1.165) is 13.0 Å². The van der Waals surface area contributed by atoms with Crippen molar-refractivity contribution >= 4 is 0 Å². The molecule has 1 heterocycles. The highest BCUT2D eigenvalue weighted by Crippen LogP contribution is 2.27. The van der Waals surface area contributed by atoms with Crippen molar-refractivity contribution in [2.45, 2.75) is 45.1 Å². The lowest BCUT2D eigenvalue weighted by Crippen LogP contribution is -2.46. The van der Waals surface area contributed by atoms with E-state index in [4.69, 9.17) is 5.73 Å². The maximum atomic E-state index is 6.22. The zero-order chi connectivity index (χ0) is 13.0. The third kappa shape index (κ3) is 3.56. The molecule has 0 amide bonds. The highest BCUT2D eigenvalue weighted by molar-refractivity contribution is 5.26. The Hall–Kier alpha value is -0.860. The number of aryl methyl sites for hydroxylation is 1. The van der Waals surface area contributed by atoms with Gasteiger partial charge in [0.25, 0.3) is 0 Å². The maximum Gasteiger partial charge on any atom is 0.0174 e. The predicted molar refractivity (Wildman–Crippen MR) is 77.9 cm³/mol. The molecule has 1 aromatic carbocycles. The summed E-state index contributed by atoms with van der Waals surface area (Å²) in [4.78, 5) is 2.55. The molecule has 0 bridgehead atoms. The molecule has 2 nitrogen and oxygen atoms in total. The van der Waals surface area contributed by atoms with Gasteiger partial charge in [0, 0.05) is 19.1 Å². The Labute approximate surface area is 111 Å². The molecule has 2 rings (SSSR count). The lowest BCUT2D eigenvalue weighted by atomic mass is 9.87. The summed E-state index contributed by atoms with van der Waals surface area (Å²) >= 11 is 0. The number of likely N-dealkylation sites (tertiary alicyclic amines) is 1. The first-order chi connectivity index (χ1) is 8.69. The summed E-state index contributed by atoms with van der Waals surface area (Å²) in [6, 6.07) is 9.25. The molecule has 1 aliphatic heterocycles. The number of unbranched alkanes of at least 4 members (excludes halogenated alkanes) is 1. The molecule has 1 aromatic rings. The van der Waals surface area contributed by atoms with Crippen LogP contribution in [0.3, 0.4) is 0 Å². The number of piperidine rings is 1. The van der Waals surface area contributed by atoms with E-state index >= 15 is 0 Å². The minimum Gasteiger partial charge on any atom is -0.327 e. The smallest absolute Gasteiger partial charge is 0.0174 e. The van der Waals surface area contributed by atoms with E-state index in [9.17, 15) is 0 Å². The minimum atomic E-state index is 0.334. The average Bonchev–Trinajstić information content (AvgIpc) is 2.36. The summed E-state index contributed by atoms with van der Waals surface area (Å²) in [7, 11) is 0. The lowest BCUT2D eigenvalue weighted by molar-refractivity contribution is 0.186. The van der Waals surface area contributed by atoms with Gasteiger partial charge < -0.3 is 10.6 Å². The van der Waals surface area contributed by atoms with Crippen LogP contribution < -0.4 is 5.73 Å². The first-order valence-electron chi connectivity index (χ1n) is 7.23. The quantitative estimate of drug-likeness (QED) is 0.885. The van der Waals surface area contributed by atoms with Gasteiger partial charge in [-0.3, -0.25) is 0 Å². The van der Waals surface area contributed by atoms with E-state index in [2.05, 4.69) is 43.0 Å². The second kappa shape index (κ2) is 6.35. The van der Waals surface area contributed by atoms with E-state index in [-0.39, 0.29) is 0 Å². The lowest BCUT2D eigenvalue weighted by Gasteiger charge is -2.36. The number of hydrogen-bond acceptors (Lipinski definition) is 2. The standard InChI is InChI=1S/C16H26N2/c1-3-4-8-18-11-15(10-16(17)12-18)14-7-5-6-13(2)9-14/h5-7,9,15-16H,3-4,8,10-12,17H2,1-2H3. The van der Waals surface area contributed by atoms with Crippen molar-refractivity contribution in [1.29, 1.82) is 0 Å². The molecule has 1 aliphatic rings. The van der Waals surface area contributed by atoms with Crippen molar-refractivity contribution in [3.63, 3.8) is 0 Å². The largest absolute Gasteiger partial charge is 0.327 e. The van der Waals surface area contributed by atoms with E-state index < -0.39 is 0 Å². The summed E-state index contributed by atoms with van der Waals surface area (Å²) in [6.45, 7) is 7.87. The summed E-state index contributed by atoms with van der Waals surface area (Å²) in [5.74, 6) is 0.616. The first-order valence-corrected chi connectivity index (χ1v) is 7.23. The van der Waals surface area contributed by atoms with Crippen molar-refractivity contribution in [2.24, 2.45) is 5.73 Å². The number of nitrogens with two attached hydrogens (primary N) is 1. The van der Waals surface area contributed by atoms with Gasteiger partial charge in [-0.15, -0.1) is 0 Å². The Morgan fingerprint density at radius 1 is 1.33 bits per heavy atom. The van der Waals surface area contributed by atoms with Crippen LogP contribution in [0.15, 0.2) is 24.3 Å². The van der Waals surface area contributed by atoms with Crippen molar-refractivity contribution in [3.8, 4) is 0 Å². The summed E-state index contributed by atoms with van der Waals surface area (Å²) < 4.78 is 0. The van der Waals surface area contributed by atoms with Crippen LogP contribution >= 0.6 is 0 Å². The van der Waals surface area contributed by atoms with E-state index in [1.807, 2.05) is 0 Å². The Kier molecular flexibility index (Phi) is 4.79. The fourth-order valence-electron chi connectivity index (χ4n) is 2.96. The van der Waals surface area contributed by atoms with Crippen molar-refractivity contribution < 1.29 is 0 Å². The summed E-state index contributed by atoms with van der Waals surface area (Å²) in [5.41, 5.74) is 9.04. The molecule has 2 heteroatoms. The molecular formula is C16H26N2. The van der Waals surface area contributed by atoms with Gasteiger partial charge in [-0.1, -0.05) is 43.2 Å². The highest BCUT2D eigenvalue weighted by atomic mass is 15.1. The third-order valence-electron chi connectivity index (χ3n) is 3.90. The SMILES string of the molecule is CCCCN1CC(N)CC(c2cccc(C)c2)C1. The summed E-state index contributed by atoms with van der Waals surface area (Å²) in [6.07, 6.45) is 3.68. The molecule has 1 saturated heterocycles. The Balaban J connectivity index is 2.03. The molecule has 18 heavy (non-hydrogen) atoms. The van der Waals surface area contributed by atoms with Gasteiger partial charge in [0.1, 0.15) is 0 Å². The van der Waals surface area contributed by atoms with Gasteiger partial charge in [-0.2, -0.15) is 0 Å². The van der Waals surface area contributed by atoms with Crippen LogP contribution in [0.5, 0.6) is 0 Å². The van der Waals surface area contributed by atoms with Crippen LogP contribution in [0.25, 0.3) is 0 Å². The predicted octanol–water partition coefficient (Wildman–Crippen LogP) is 2.91. The van der Waals surface area contributed by atoms with E-state index in [0.29, 0.717) is 12.0 Å². The monoisotopic (exact) mass is 246 g/mol. The van der Waals surface area contributed by atoms with Gasteiger partial charge in [0.05, 0.1) is 0 Å². The second-order valence-electron chi connectivity index (χ2n) is 5.72. The van der Waals surface area contributed by atoms with Crippen LogP contribution in [-0.2, 0) is 0 Å². The van der Waals surface area contributed by atoms with Gasteiger partial charge >= 0.3 is 0 Å². The van der Waals surface area contributed by atoms with Crippen molar-refractivity contribution in [3.05, 3.63) is 35.4 Å². The van der Waals surface area contributed by atoms with Gasteiger partial charge in [0.2, 0.25) is 0 Å². The normalized spacial score (nSPS) is 25.3. The van der Waals surface area contributed by atoms with Crippen LogP contribution in [0.2, 0.25) is 0 Å². The zero-order valence-electron chi connectivity index (χ0n) is 11.7. The third-order valence-corrected chi connectivity index (χ3v) is 3.90. The van der Waals surface area contributed by atoms with Crippen molar-refractivity contribution in [2.75, 3.05) is 19.6 Å². The molecule has 0 saturated carbocycles. The Morgan fingerprint density at radius 3 is 2.89 bits per heavy atom. The molecule has 100 valence electrons. The minimum absolute atomic E-state index is 0.334. The van der Waals surface area contributed by atoms with Crippen molar-refractivity contribution in [1.82, 2.24) is 4.90 Å². The second-order valence-corrected chi connectivity index (χ2v) is 5.72. The number of benzene rings is 1. The van der Waals surface area contributed by atoms with Crippen LogP contribution in [0.4, 0.5) is 0 Å². The molecular weight excluding hydrogens is 220 g/mol. The molecule has 0 radical (unpaired) electrons. The fraction of sp³-hybridized carbons (Fsp3) is 0.625. The molecule has 2 atom stereocenters. The summed E-state index contributed by atoms with van der Waals surface area (Å²) in [5, 5.41) is 0. The fourth-order valence-corrected chi connectivity index (χ4v) is 2.96. The average molecular weight is 246 g/mol. The highest BCUT2D eigenvalue weighted by Gasteiger charge is 2.25. The maximum absolute atomic E-state index is 6.22. The Bertz CT molecular complexity index is 375. The number of rotatable bonds is 4. The molecule has 0 aromatic heterocycles.